The molecule has 0 aromatic rings. The fourth-order valence-electron chi connectivity index (χ4n) is 6.94. The van der Waals surface area contributed by atoms with Crippen LogP contribution < -0.4 is 22.3 Å². The van der Waals surface area contributed by atoms with E-state index in [0.717, 1.165) is 0 Å². The second-order valence-electron chi connectivity index (χ2n) is 7.81. The fraction of sp³-hybridized carbons (Fsp3) is 0.733. The highest BCUT2D eigenvalue weighted by Crippen LogP contribution is 2.95. The van der Waals surface area contributed by atoms with Crippen LogP contribution in [0.2, 0.25) is 0 Å². The fourth-order valence-corrected chi connectivity index (χ4v) is 10.3. The topological polar surface area (TPSA) is 119 Å². The van der Waals surface area contributed by atoms with Gasteiger partial charge in [0.15, 0.2) is 10.2 Å². The van der Waals surface area contributed by atoms with E-state index in [9.17, 15) is 0 Å². The zero-order chi connectivity index (χ0) is 21.4. The van der Waals surface area contributed by atoms with Crippen LogP contribution in [0.4, 0.5) is 0 Å². The molecule has 0 spiro atoms. The lowest BCUT2D eigenvalue weighted by molar-refractivity contribution is -0.223. The number of nitrogens with one attached hydrogen (secondary N) is 2. The molecule has 8 nitrogen and oxygen atoms in total. The third-order valence-corrected chi connectivity index (χ3v) is 11.1. The maximum Gasteiger partial charge on any atom is 0.211 e. The lowest BCUT2D eigenvalue weighted by atomic mass is 9.57. The molecule has 0 aromatic carbocycles. The van der Waals surface area contributed by atoms with Crippen molar-refractivity contribution in [2.24, 2.45) is 45.3 Å². The second-order valence-corrected chi connectivity index (χ2v) is 11.1. The van der Waals surface area contributed by atoms with Crippen LogP contribution in [-0.2, 0) is 9.47 Å². The minimum absolute atomic E-state index is 0.0121. The number of hydrogen-bond acceptors (Lipinski definition) is 6. The Morgan fingerprint density at radius 3 is 1.38 bits per heavy atom. The highest BCUT2D eigenvalue weighted by atomic mass is 35.5. The van der Waals surface area contributed by atoms with E-state index >= 15 is 0 Å². The Morgan fingerprint density at radius 2 is 1.10 bits per heavy atom. The van der Waals surface area contributed by atoms with E-state index in [4.69, 9.17) is 91.8 Å². The molecule has 5 rings (SSSR count). The predicted octanol–water partition coefficient (Wildman–Crippen LogP) is 0.797. The number of alkyl halides is 4. The minimum Gasteiger partial charge on any atom is -0.375 e. The first kappa shape index (κ1) is 20.7. The number of nitrogens with two attached hydrogens (primary N) is 2. The predicted molar refractivity (Wildman–Crippen MR) is 120 cm³/mol. The van der Waals surface area contributed by atoms with Crippen LogP contribution in [-0.4, -0.2) is 61.2 Å². The van der Waals surface area contributed by atoms with Crippen molar-refractivity contribution in [2.75, 3.05) is 14.2 Å². The van der Waals surface area contributed by atoms with Gasteiger partial charge in [-0.1, -0.05) is 0 Å². The van der Waals surface area contributed by atoms with Gasteiger partial charge in [-0.15, -0.1) is 46.4 Å². The lowest BCUT2D eigenvalue weighted by Crippen LogP contribution is -2.73. The van der Waals surface area contributed by atoms with Gasteiger partial charge in [-0.2, -0.15) is 10.2 Å². The summed E-state index contributed by atoms with van der Waals surface area (Å²) in [5, 5.41) is 8.90. The molecule has 0 aromatic heterocycles. The summed E-state index contributed by atoms with van der Waals surface area (Å²) in [5.74, 6) is -3.27. The van der Waals surface area contributed by atoms with Gasteiger partial charge in [-0.05, 0) is 24.4 Å². The van der Waals surface area contributed by atoms with Crippen LogP contribution in [0.1, 0.15) is 0 Å². The maximum atomic E-state index is 7.34. The monoisotopic (exact) mass is 516 g/mol. The molecule has 29 heavy (non-hydrogen) atoms. The first-order valence-corrected chi connectivity index (χ1v) is 10.9. The molecule has 2 bridgehead atoms. The van der Waals surface area contributed by atoms with Crippen molar-refractivity contribution in [2.45, 2.75) is 25.3 Å². The van der Waals surface area contributed by atoms with E-state index in [-0.39, 0.29) is 22.1 Å². The van der Waals surface area contributed by atoms with Gasteiger partial charge in [0.2, 0.25) is 5.79 Å². The van der Waals surface area contributed by atoms with E-state index in [2.05, 4.69) is 21.1 Å². The molecule has 8 atom stereocenters. The molecule has 0 amide bonds. The number of hydrazone groups is 2. The maximum absolute atomic E-state index is 7.34. The Hall–Kier alpha value is -0.200. The summed E-state index contributed by atoms with van der Waals surface area (Å²) in [7, 11) is 2.94. The van der Waals surface area contributed by atoms with E-state index in [1.807, 2.05) is 0 Å². The van der Waals surface area contributed by atoms with Gasteiger partial charge in [0.25, 0.3) is 0 Å². The van der Waals surface area contributed by atoms with E-state index in [1.165, 1.54) is 14.2 Å². The van der Waals surface area contributed by atoms with Gasteiger partial charge in [-0.25, -0.2) is 0 Å². The summed E-state index contributed by atoms with van der Waals surface area (Å²) in [4.78, 5) is -5.06. The molecule has 0 aliphatic heterocycles. The van der Waals surface area contributed by atoms with E-state index in [1.54, 1.807) is 0 Å². The summed E-state index contributed by atoms with van der Waals surface area (Å²) in [6, 6.07) is 0. The van der Waals surface area contributed by atoms with Crippen LogP contribution >= 0.6 is 70.8 Å². The Kier molecular flexibility index (Phi) is 3.98. The molecule has 0 saturated heterocycles. The average Bonchev–Trinajstić information content (AvgIpc) is 2.96. The highest BCUT2D eigenvalue weighted by molar-refractivity contribution is 7.80. The Bertz CT molecular complexity index is 878. The molecular formula is C15H16Cl4N6O2S2. The molecule has 0 radical (unpaired) electrons. The Balaban J connectivity index is 1.81. The summed E-state index contributed by atoms with van der Waals surface area (Å²) in [5.41, 5.74) is 17.8. The summed E-state index contributed by atoms with van der Waals surface area (Å²) < 4.78 is 11.8. The second kappa shape index (κ2) is 5.58. The number of methoxy groups -OCH3 is 2. The van der Waals surface area contributed by atoms with Crippen LogP contribution in [0.15, 0.2) is 10.2 Å². The highest BCUT2D eigenvalue weighted by Gasteiger charge is 3.11. The molecule has 158 valence electrons. The molecule has 5 fully saturated rings. The molecule has 5 aliphatic rings. The normalized spacial score (nSPS) is 54.3. The standard InChI is InChI=1S/C15H16Cl4N6O2S2/c1-26-15(27-2)13(18)5-6-8(23-25-10(21)29)4-3(7(5)22-24-9(20)28)11(13,16)12(4,17)14(6,15)19/h3-6H,1-2H3,(H3,20,24,28)(H3,21,25,29)/b22-7+,23-8?. The van der Waals surface area contributed by atoms with Gasteiger partial charge < -0.3 is 20.9 Å². The van der Waals surface area contributed by atoms with E-state index < -0.39 is 37.1 Å². The first-order valence-electron chi connectivity index (χ1n) is 8.59. The number of halogens is 4. The van der Waals surface area contributed by atoms with Gasteiger partial charge in [-0.3, -0.25) is 10.9 Å². The Labute approximate surface area is 196 Å². The van der Waals surface area contributed by atoms with Gasteiger partial charge in [0.05, 0.1) is 0 Å². The zero-order valence-electron chi connectivity index (χ0n) is 15.0. The van der Waals surface area contributed by atoms with Crippen molar-refractivity contribution in [1.82, 2.24) is 10.9 Å². The quantitative estimate of drug-likeness (QED) is 0.187. The van der Waals surface area contributed by atoms with Crippen LogP contribution in [0.5, 0.6) is 0 Å². The first-order chi connectivity index (χ1) is 13.5. The van der Waals surface area contributed by atoms with Crippen LogP contribution in [0.3, 0.4) is 0 Å². The van der Waals surface area contributed by atoms with Crippen molar-refractivity contribution in [3.8, 4) is 0 Å². The minimum atomic E-state index is -1.50. The molecule has 6 N–H and O–H groups in total. The Morgan fingerprint density at radius 1 is 0.793 bits per heavy atom. The van der Waals surface area contributed by atoms with Crippen molar-refractivity contribution >= 4 is 92.5 Å². The number of rotatable bonds is 4. The van der Waals surface area contributed by atoms with Crippen LogP contribution in [0.25, 0.3) is 0 Å². The van der Waals surface area contributed by atoms with Gasteiger partial charge >= 0.3 is 0 Å². The molecule has 8 unspecified atom stereocenters. The van der Waals surface area contributed by atoms with Gasteiger partial charge in [0, 0.05) is 49.3 Å². The SMILES string of the molecule is COC1(OC)C2(Cl)C3C(=NNC(N)=S)C4C5/C(=N\NC(N)=S)C3C1(Cl)C5(Cl)C42Cl. The third kappa shape index (κ3) is 1.56. The summed E-state index contributed by atoms with van der Waals surface area (Å²) >= 11 is 39.0. The van der Waals surface area contributed by atoms with Crippen molar-refractivity contribution < 1.29 is 9.47 Å². The molecule has 14 heteroatoms. The molecule has 5 saturated carbocycles. The largest absolute Gasteiger partial charge is 0.375 e. The molecule has 0 heterocycles. The van der Waals surface area contributed by atoms with Crippen LogP contribution in [0, 0.1) is 23.7 Å². The smallest absolute Gasteiger partial charge is 0.211 e. The third-order valence-electron chi connectivity index (χ3n) is 7.37. The number of hydrogen-bond donors (Lipinski definition) is 4. The number of ether oxygens (including phenoxy) is 2. The van der Waals surface area contributed by atoms with Gasteiger partial charge in [0.1, 0.15) is 19.5 Å². The van der Waals surface area contributed by atoms with Crippen molar-refractivity contribution in [3.63, 3.8) is 0 Å². The van der Waals surface area contributed by atoms with E-state index in [0.29, 0.717) is 11.4 Å². The van der Waals surface area contributed by atoms with Crippen molar-refractivity contribution in [3.05, 3.63) is 0 Å². The summed E-state index contributed by atoms with van der Waals surface area (Å²) in [6.45, 7) is 0. The summed E-state index contributed by atoms with van der Waals surface area (Å²) in [6.07, 6.45) is 0. The van der Waals surface area contributed by atoms with Crippen molar-refractivity contribution in [1.29, 1.82) is 0 Å². The molecular weight excluding hydrogens is 502 g/mol. The zero-order valence-corrected chi connectivity index (χ0v) is 19.7. The average molecular weight is 518 g/mol. The lowest BCUT2D eigenvalue weighted by Gasteiger charge is -2.58. The number of thiocarbonyl (C=S) groups is 2. The number of nitrogens with zero attached hydrogens (tertiary/aromatic N) is 2. The number of fused-ring (bicyclic) bond motifs is 2. The molecule has 5 aliphatic carbocycles.